The van der Waals surface area contributed by atoms with Gasteiger partial charge in [-0.05, 0) is 17.7 Å². The van der Waals surface area contributed by atoms with Gasteiger partial charge in [-0.3, -0.25) is 4.79 Å². The maximum absolute atomic E-state index is 12.7. The topological polar surface area (TPSA) is 64.7 Å². The summed E-state index contributed by atoms with van der Waals surface area (Å²) in [4.78, 5) is 12.7. The van der Waals surface area contributed by atoms with E-state index in [0.29, 0.717) is 10.6 Å². The fourth-order valence-corrected chi connectivity index (χ4v) is 3.08. The molecule has 0 unspecified atom stereocenters. The molecule has 22 heavy (non-hydrogen) atoms. The molecule has 0 N–H and O–H groups in total. The molecule has 0 aliphatic heterocycles. The lowest BCUT2D eigenvalue weighted by Gasteiger charge is -2.00. The average Bonchev–Trinajstić information content (AvgIpc) is 3.25. The van der Waals surface area contributed by atoms with Gasteiger partial charge in [0.05, 0.1) is 18.1 Å². The highest BCUT2D eigenvalue weighted by Gasteiger charge is 2.70. The number of carbonyl (C=O) groups is 1. The minimum atomic E-state index is -1.29. The van der Waals surface area contributed by atoms with E-state index in [2.05, 4.69) is 12.1 Å². The number of hydrogen-bond acceptors (Lipinski definition) is 3. The normalized spacial score (nSPS) is 21.4. The maximum atomic E-state index is 12.7. The van der Waals surface area contributed by atoms with Crippen molar-refractivity contribution in [3.05, 3.63) is 70.7 Å². The third-order valence-electron chi connectivity index (χ3n) is 4.15. The Labute approximate surface area is 133 Å². The highest BCUT2D eigenvalue weighted by atomic mass is 35.5. The van der Waals surface area contributed by atoms with Crippen LogP contribution in [0.4, 0.5) is 0 Å². The number of nitriles is 2. The van der Waals surface area contributed by atoms with E-state index in [9.17, 15) is 15.3 Å². The first-order valence-electron chi connectivity index (χ1n) is 6.81. The molecule has 0 amide bonds. The van der Waals surface area contributed by atoms with Crippen molar-refractivity contribution < 1.29 is 4.79 Å². The summed E-state index contributed by atoms with van der Waals surface area (Å²) in [6.07, 6.45) is 0. The lowest BCUT2D eigenvalue weighted by Crippen LogP contribution is -2.08. The van der Waals surface area contributed by atoms with E-state index < -0.39 is 17.3 Å². The molecule has 3 rings (SSSR count). The zero-order valence-corrected chi connectivity index (χ0v) is 12.3. The highest BCUT2D eigenvalue weighted by molar-refractivity contribution is 6.30. The molecular weight excluding hydrogens is 296 g/mol. The van der Waals surface area contributed by atoms with E-state index in [1.165, 1.54) is 0 Å². The van der Waals surface area contributed by atoms with Gasteiger partial charge < -0.3 is 0 Å². The van der Waals surface area contributed by atoms with Crippen LogP contribution in [0.25, 0.3) is 0 Å². The third-order valence-corrected chi connectivity index (χ3v) is 4.40. The van der Waals surface area contributed by atoms with E-state index in [1.54, 1.807) is 48.5 Å². The number of ketones is 1. The lowest BCUT2D eigenvalue weighted by molar-refractivity contribution is 0.0958. The molecule has 0 saturated heterocycles. The molecule has 1 fully saturated rings. The fraction of sp³-hybridized carbons (Fsp3) is 0.167. The Morgan fingerprint density at radius 1 is 1.00 bits per heavy atom. The molecule has 1 aliphatic carbocycles. The van der Waals surface area contributed by atoms with Gasteiger partial charge in [0.15, 0.2) is 11.2 Å². The van der Waals surface area contributed by atoms with Gasteiger partial charge in [-0.15, -0.1) is 0 Å². The predicted molar refractivity (Wildman–Crippen MR) is 82.1 cm³/mol. The Kier molecular flexibility index (Phi) is 3.45. The van der Waals surface area contributed by atoms with Gasteiger partial charge >= 0.3 is 0 Å². The number of carbonyl (C=O) groups excluding carboxylic acids is 1. The number of nitrogens with zero attached hydrogens (tertiary/aromatic N) is 2. The van der Waals surface area contributed by atoms with E-state index in [0.717, 1.165) is 5.56 Å². The number of rotatable bonds is 3. The largest absolute Gasteiger partial charge is 0.294 e. The van der Waals surface area contributed by atoms with E-state index in [-0.39, 0.29) is 5.78 Å². The van der Waals surface area contributed by atoms with Gasteiger partial charge in [0.2, 0.25) is 0 Å². The second-order valence-electron chi connectivity index (χ2n) is 5.33. The number of Topliss-reactive ketones (excluding diaryl/α,β-unsaturated/α-hetero) is 1. The highest BCUT2D eigenvalue weighted by Crippen LogP contribution is 2.65. The van der Waals surface area contributed by atoms with Crippen molar-refractivity contribution in [2.75, 3.05) is 0 Å². The summed E-state index contributed by atoms with van der Waals surface area (Å²) in [5.74, 6) is -1.21. The Balaban J connectivity index is 2.00. The second-order valence-corrected chi connectivity index (χ2v) is 5.77. The van der Waals surface area contributed by atoms with Crippen molar-refractivity contribution >= 4 is 17.4 Å². The van der Waals surface area contributed by atoms with Crippen molar-refractivity contribution in [2.45, 2.75) is 5.92 Å². The van der Waals surface area contributed by atoms with Crippen LogP contribution in [0.15, 0.2) is 54.6 Å². The van der Waals surface area contributed by atoms with Gasteiger partial charge in [0.1, 0.15) is 0 Å². The van der Waals surface area contributed by atoms with Gasteiger partial charge in [-0.2, -0.15) is 10.5 Å². The van der Waals surface area contributed by atoms with Crippen LogP contribution in [0.5, 0.6) is 0 Å². The number of benzene rings is 2. The van der Waals surface area contributed by atoms with Crippen molar-refractivity contribution in [2.24, 2.45) is 11.3 Å². The molecule has 2 aromatic carbocycles. The van der Waals surface area contributed by atoms with Gasteiger partial charge in [-0.25, -0.2) is 0 Å². The zero-order valence-electron chi connectivity index (χ0n) is 11.5. The van der Waals surface area contributed by atoms with Crippen molar-refractivity contribution in [1.29, 1.82) is 10.5 Å². The van der Waals surface area contributed by atoms with Gasteiger partial charge in [0, 0.05) is 16.5 Å². The molecule has 0 heterocycles. The number of hydrogen-bond donors (Lipinski definition) is 0. The van der Waals surface area contributed by atoms with Crippen LogP contribution in [0.2, 0.25) is 5.02 Å². The van der Waals surface area contributed by atoms with Crippen LogP contribution < -0.4 is 0 Å². The van der Waals surface area contributed by atoms with Crippen LogP contribution in [0.1, 0.15) is 21.8 Å². The molecular formula is C18H11ClN2O. The predicted octanol–water partition coefficient (Wildman–Crippen LogP) is 3.97. The van der Waals surface area contributed by atoms with Crippen LogP contribution in [0, 0.1) is 34.0 Å². The molecule has 1 aliphatic rings. The first kappa shape index (κ1) is 14.3. The monoisotopic (exact) mass is 306 g/mol. The SMILES string of the molecule is N#CC1(C#N)[C@@H](C(=O)c2ccccc2)[C@@H]1c1ccc(Cl)cc1. The third kappa shape index (κ3) is 2.08. The Morgan fingerprint density at radius 3 is 2.14 bits per heavy atom. The summed E-state index contributed by atoms with van der Waals surface area (Å²) in [6, 6.07) is 19.8. The summed E-state index contributed by atoms with van der Waals surface area (Å²) in [6.45, 7) is 0. The average molecular weight is 307 g/mol. The summed E-state index contributed by atoms with van der Waals surface area (Å²) < 4.78 is 0. The van der Waals surface area contributed by atoms with Crippen molar-refractivity contribution in [1.82, 2.24) is 0 Å². The van der Waals surface area contributed by atoms with Crippen molar-refractivity contribution in [3.8, 4) is 12.1 Å². The quantitative estimate of drug-likeness (QED) is 0.806. The lowest BCUT2D eigenvalue weighted by atomic mass is 10.0. The molecule has 2 aromatic rings. The van der Waals surface area contributed by atoms with Gasteiger partial charge in [-0.1, -0.05) is 54.1 Å². The Bertz CT molecular complexity index is 786. The Morgan fingerprint density at radius 2 is 1.59 bits per heavy atom. The molecule has 0 spiro atoms. The summed E-state index contributed by atoms with van der Waals surface area (Å²) in [7, 11) is 0. The van der Waals surface area contributed by atoms with E-state index in [1.807, 2.05) is 6.07 Å². The van der Waals surface area contributed by atoms with Crippen LogP contribution in [-0.2, 0) is 0 Å². The molecule has 0 aromatic heterocycles. The maximum Gasteiger partial charge on any atom is 0.169 e. The zero-order chi connectivity index (χ0) is 15.7. The molecule has 106 valence electrons. The standard InChI is InChI=1S/C18H11ClN2O/c19-14-8-6-12(7-9-14)15-16(18(15,10-20)11-21)17(22)13-4-2-1-3-5-13/h1-9,15-16H/t15-,16+/m0/s1. The summed E-state index contributed by atoms with van der Waals surface area (Å²) in [5, 5.41) is 19.5. The first-order chi connectivity index (χ1) is 10.6. The summed E-state index contributed by atoms with van der Waals surface area (Å²) >= 11 is 5.87. The van der Waals surface area contributed by atoms with E-state index >= 15 is 0 Å². The van der Waals surface area contributed by atoms with Gasteiger partial charge in [0.25, 0.3) is 0 Å². The molecule has 2 atom stereocenters. The minimum absolute atomic E-state index is 0.163. The van der Waals surface area contributed by atoms with Crippen LogP contribution in [-0.4, -0.2) is 5.78 Å². The first-order valence-corrected chi connectivity index (χ1v) is 7.19. The Hall–Kier alpha value is -2.62. The molecule has 4 heteroatoms. The summed E-state index contributed by atoms with van der Waals surface area (Å²) in [5.41, 5.74) is 0.0291. The van der Waals surface area contributed by atoms with Crippen LogP contribution in [0.3, 0.4) is 0 Å². The molecule has 1 saturated carbocycles. The molecule has 0 bridgehead atoms. The molecule has 3 nitrogen and oxygen atoms in total. The van der Waals surface area contributed by atoms with Crippen molar-refractivity contribution in [3.63, 3.8) is 0 Å². The second kappa shape index (κ2) is 5.30. The molecule has 0 radical (unpaired) electrons. The fourth-order valence-electron chi connectivity index (χ4n) is 2.96. The van der Waals surface area contributed by atoms with E-state index in [4.69, 9.17) is 11.6 Å². The minimum Gasteiger partial charge on any atom is -0.294 e. The smallest absolute Gasteiger partial charge is 0.169 e. The van der Waals surface area contributed by atoms with Crippen LogP contribution >= 0.6 is 11.6 Å². The number of halogens is 1.